The van der Waals surface area contributed by atoms with E-state index in [4.69, 9.17) is 16.0 Å². The van der Waals surface area contributed by atoms with Gasteiger partial charge in [0.2, 0.25) is 5.89 Å². The van der Waals surface area contributed by atoms with Crippen LogP contribution in [0.4, 0.5) is 0 Å². The summed E-state index contributed by atoms with van der Waals surface area (Å²) in [6, 6.07) is 16.6. The van der Waals surface area contributed by atoms with Gasteiger partial charge in [-0.25, -0.2) is 0 Å². The predicted octanol–water partition coefficient (Wildman–Crippen LogP) is 3.32. The molecule has 3 rings (SSSR count). The molecule has 1 heterocycles. The van der Waals surface area contributed by atoms with Crippen molar-refractivity contribution in [1.29, 1.82) is 0 Å². The Hall–Kier alpha value is -2.66. The highest BCUT2D eigenvalue weighted by atomic mass is 35.5. The summed E-state index contributed by atoms with van der Waals surface area (Å²) in [6.07, 6.45) is 0. The number of aromatic nitrogens is 2. The Morgan fingerprint density at radius 1 is 1.05 bits per heavy atom. The van der Waals surface area contributed by atoms with Gasteiger partial charge < -0.3 is 9.73 Å². The second kappa shape index (κ2) is 6.41. The number of halogens is 1. The normalized spacial score (nSPS) is 10.4. The minimum atomic E-state index is -0.436. The van der Waals surface area contributed by atoms with Crippen molar-refractivity contribution in [2.45, 2.75) is 6.54 Å². The quantitative estimate of drug-likeness (QED) is 0.802. The number of benzene rings is 2. The van der Waals surface area contributed by atoms with Gasteiger partial charge in [0.15, 0.2) is 0 Å². The van der Waals surface area contributed by atoms with E-state index in [-0.39, 0.29) is 5.89 Å². The smallest absolute Gasteiger partial charge is 0.309 e. The third kappa shape index (κ3) is 3.15. The lowest BCUT2D eigenvalue weighted by molar-refractivity contribution is 0.0917. The van der Waals surface area contributed by atoms with Crippen molar-refractivity contribution in [3.05, 3.63) is 71.1 Å². The average molecular weight is 314 g/mol. The standard InChI is InChI=1S/C16H12ClN3O2/c17-13-9-5-4-8-12(13)10-18-14(21)16-20-19-15(22-16)11-6-2-1-3-7-11/h1-9H,10H2,(H,18,21). The summed E-state index contributed by atoms with van der Waals surface area (Å²) in [5.41, 5.74) is 1.58. The molecule has 1 N–H and O–H groups in total. The van der Waals surface area contributed by atoms with Crippen LogP contribution in [0.15, 0.2) is 59.0 Å². The van der Waals surface area contributed by atoms with Crippen LogP contribution in [0.5, 0.6) is 0 Å². The summed E-state index contributed by atoms with van der Waals surface area (Å²) < 4.78 is 5.38. The van der Waals surface area contributed by atoms with Gasteiger partial charge in [0.25, 0.3) is 0 Å². The molecule has 0 aliphatic heterocycles. The number of nitrogens with zero attached hydrogens (tertiary/aromatic N) is 2. The van der Waals surface area contributed by atoms with E-state index in [1.807, 2.05) is 48.5 Å². The Kier molecular flexibility index (Phi) is 4.16. The molecule has 110 valence electrons. The molecule has 0 aliphatic rings. The van der Waals surface area contributed by atoms with E-state index in [1.54, 1.807) is 6.07 Å². The summed E-state index contributed by atoms with van der Waals surface area (Å²) in [4.78, 5) is 12.0. The van der Waals surface area contributed by atoms with E-state index in [9.17, 15) is 4.79 Å². The lowest BCUT2D eigenvalue weighted by Crippen LogP contribution is -2.23. The Balaban J connectivity index is 1.69. The molecule has 0 fully saturated rings. The maximum atomic E-state index is 12.0. The summed E-state index contributed by atoms with van der Waals surface area (Å²) in [6.45, 7) is 0.293. The van der Waals surface area contributed by atoms with Crippen LogP contribution in [0.3, 0.4) is 0 Å². The van der Waals surface area contributed by atoms with Crippen LogP contribution in [0.1, 0.15) is 16.2 Å². The Morgan fingerprint density at radius 2 is 1.77 bits per heavy atom. The van der Waals surface area contributed by atoms with Crippen LogP contribution in [-0.2, 0) is 6.54 Å². The number of rotatable bonds is 4. The summed E-state index contributed by atoms with van der Waals surface area (Å²) >= 11 is 6.04. The van der Waals surface area contributed by atoms with Crippen molar-refractivity contribution in [2.24, 2.45) is 0 Å². The van der Waals surface area contributed by atoms with Crippen molar-refractivity contribution in [1.82, 2.24) is 15.5 Å². The van der Waals surface area contributed by atoms with Gasteiger partial charge in [-0.05, 0) is 23.8 Å². The van der Waals surface area contributed by atoms with Crippen LogP contribution in [-0.4, -0.2) is 16.1 Å². The van der Waals surface area contributed by atoms with Gasteiger partial charge in [0, 0.05) is 17.1 Å². The van der Waals surface area contributed by atoms with Crippen molar-refractivity contribution in [3.8, 4) is 11.5 Å². The third-order valence-corrected chi connectivity index (χ3v) is 3.41. The average Bonchev–Trinajstić information content (AvgIpc) is 3.05. The Labute approximate surface area is 131 Å². The van der Waals surface area contributed by atoms with Gasteiger partial charge >= 0.3 is 11.8 Å². The van der Waals surface area contributed by atoms with Gasteiger partial charge in [0.05, 0.1) is 0 Å². The van der Waals surface area contributed by atoms with E-state index in [0.717, 1.165) is 11.1 Å². The molecule has 0 unspecified atom stereocenters. The highest BCUT2D eigenvalue weighted by molar-refractivity contribution is 6.31. The van der Waals surface area contributed by atoms with Crippen molar-refractivity contribution in [3.63, 3.8) is 0 Å². The van der Waals surface area contributed by atoms with Gasteiger partial charge in [-0.2, -0.15) is 0 Å². The minimum absolute atomic E-state index is 0.0779. The molecule has 0 aliphatic carbocycles. The van der Waals surface area contributed by atoms with Crippen LogP contribution in [0.25, 0.3) is 11.5 Å². The van der Waals surface area contributed by atoms with E-state index >= 15 is 0 Å². The zero-order valence-electron chi connectivity index (χ0n) is 11.5. The first-order valence-corrected chi connectivity index (χ1v) is 7.02. The molecular weight excluding hydrogens is 302 g/mol. The molecule has 0 radical (unpaired) electrons. The zero-order chi connectivity index (χ0) is 15.4. The Bertz CT molecular complexity index is 787. The largest absolute Gasteiger partial charge is 0.412 e. The summed E-state index contributed by atoms with van der Waals surface area (Å²) in [7, 11) is 0. The zero-order valence-corrected chi connectivity index (χ0v) is 12.2. The fourth-order valence-electron chi connectivity index (χ4n) is 1.91. The fourth-order valence-corrected chi connectivity index (χ4v) is 2.11. The molecule has 6 heteroatoms. The van der Waals surface area contributed by atoms with Crippen molar-refractivity contribution < 1.29 is 9.21 Å². The molecule has 0 atom stereocenters. The molecular formula is C16H12ClN3O2. The monoisotopic (exact) mass is 313 g/mol. The molecule has 1 aromatic heterocycles. The maximum Gasteiger partial charge on any atom is 0.309 e. The molecule has 0 spiro atoms. The fraction of sp³-hybridized carbons (Fsp3) is 0.0625. The first-order chi connectivity index (χ1) is 10.7. The highest BCUT2D eigenvalue weighted by Crippen LogP contribution is 2.17. The number of carbonyl (C=O) groups is 1. The number of carbonyl (C=O) groups excluding carboxylic acids is 1. The Morgan fingerprint density at radius 3 is 2.55 bits per heavy atom. The van der Waals surface area contributed by atoms with Gasteiger partial charge in [-0.3, -0.25) is 4.79 Å². The van der Waals surface area contributed by atoms with Gasteiger partial charge in [-0.1, -0.05) is 48.0 Å². The van der Waals surface area contributed by atoms with E-state index in [2.05, 4.69) is 15.5 Å². The summed E-state index contributed by atoms with van der Waals surface area (Å²) in [5.74, 6) is -0.205. The number of hydrogen-bond acceptors (Lipinski definition) is 4. The minimum Gasteiger partial charge on any atom is -0.412 e. The van der Waals surface area contributed by atoms with Crippen LogP contribution >= 0.6 is 11.6 Å². The molecule has 2 aromatic carbocycles. The van der Waals surface area contributed by atoms with Crippen LogP contribution in [0.2, 0.25) is 5.02 Å². The van der Waals surface area contributed by atoms with Gasteiger partial charge in [-0.15, -0.1) is 10.2 Å². The summed E-state index contributed by atoms with van der Waals surface area (Å²) in [5, 5.41) is 10.9. The molecule has 1 amide bonds. The third-order valence-electron chi connectivity index (χ3n) is 3.04. The number of nitrogens with one attached hydrogen (secondary N) is 1. The molecule has 5 nitrogen and oxygen atoms in total. The molecule has 22 heavy (non-hydrogen) atoms. The lowest BCUT2D eigenvalue weighted by atomic mass is 10.2. The maximum absolute atomic E-state index is 12.0. The van der Waals surface area contributed by atoms with Crippen molar-refractivity contribution >= 4 is 17.5 Å². The first-order valence-electron chi connectivity index (χ1n) is 6.64. The van der Waals surface area contributed by atoms with Crippen LogP contribution < -0.4 is 5.32 Å². The second-order valence-corrected chi connectivity index (χ2v) is 4.96. The highest BCUT2D eigenvalue weighted by Gasteiger charge is 2.15. The second-order valence-electron chi connectivity index (χ2n) is 4.55. The van der Waals surface area contributed by atoms with Gasteiger partial charge in [0.1, 0.15) is 0 Å². The topological polar surface area (TPSA) is 68.0 Å². The van der Waals surface area contributed by atoms with Crippen LogP contribution in [0, 0.1) is 0 Å². The van der Waals surface area contributed by atoms with E-state index < -0.39 is 5.91 Å². The molecule has 3 aromatic rings. The molecule has 0 bridgehead atoms. The SMILES string of the molecule is O=C(NCc1ccccc1Cl)c1nnc(-c2ccccc2)o1. The van der Waals surface area contributed by atoms with E-state index in [1.165, 1.54) is 0 Å². The molecule has 0 saturated heterocycles. The predicted molar refractivity (Wildman–Crippen MR) is 82.4 cm³/mol. The number of hydrogen-bond donors (Lipinski definition) is 1. The molecule has 0 saturated carbocycles. The first kappa shape index (κ1) is 14.3. The van der Waals surface area contributed by atoms with E-state index in [0.29, 0.717) is 17.5 Å². The number of amides is 1. The lowest BCUT2D eigenvalue weighted by Gasteiger charge is -2.04. The van der Waals surface area contributed by atoms with Crippen molar-refractivity contribution in [2.75, 3.05) is 0 Å².